The summed E-state index contributed by atoms with van der Waals surface area (Å²) in [6, 6.07) is 10.5. The lowest BCUT2D eigenvalue weighted by molar-refractivity contribution is 0.0529. The number of ether oxygens (including phenoxy) is 2. The fourth-order valence-corrected chi connectivity index (χ4v) is 3.59. The van der Waals surface area contributed by atoms with Gasteiger partial charge in [0.1, 0.15) is 11.6 Å². The van der Waals surface area contributed by atoms with E-state index in [0.717, 1.165) is 54.9 Å². The number of halogens is 1. The second kappa shape index (κ2) is 13.6. The molecular formula is C25H38IN5O2. The van der Waals surface area contributed by atoms with Gasteiger partial charge in [0.05, 0.1) is 25.4 Å². The van der Waals surface area contributed by atoms with Crippen LogP contribution in [0.4, 0.5) is 5.82 Å². The van der Waals surface area contributed by atoms with Crippen molar-refractivity contribution in [2.24, 2.45) is 4.99 Å². The summed E-state index contributed by atoms with van der Waals surface area (Å²) >= 11 is 0. The minimum absolute atomic E-state index is 0. The average molecular weight is 568 g/mol. The van der Waals surface area contributed by atoms with Crippen molar-refractivity contribution in [3.05, 3.63) is 53.2 Å². The van der Waals surface area contributed by atoms with Crippen LogP contribution in [0.3, 0.4) is 0 Å². The van der Waals surface area contributed by atoms with Crippen LogP contribution in [0.2, 0.25) is 0 Å². The van der Waals surface area contributed by atoms with Crippen LogP contribution in [0.5, 0.6) is 5.75 Å². The largest absolute Gasteiger partial charge is 0.491 e. The number of aryl methyl sites for hydroxylation is 1. The molecule has 33 heavy (non-hydrogen) atoms. The molecule has 1 unspecified atom stereocenters. The number of nitrogens with zero attached hydrogens (tertiary/aromatic N) is 3. The van der Waals surface area contributed by atoms with E-state index in [9.17, 15) is 0 Å². The summed E-state index contributed by atoms with van der Waals surface area (Å²) < 4.78 is 11.6. The summed E-state index contributed by atoms with van der Waals surface area (Å²) in [6.45, 7) is 14.8. The molecule has 0 aliphatic carbocycles. The van der Waals surface area contributed by atoms with Crippen LogP contribution < -0.4 is 20.3 Å². The van der Waals surface area contributed by atoms with Gasteiger partial charge in [0.2, 0.25) is 0 Å². The van der Waals surface area contributed by atoms with E-state index in [1.54, 1.807) is 0 Å². The molecule has 0 bridgehead atoms. The predicted molar refractivity (Wildman–Crippen MR) is 146 cm³/mol. The summed E-state index contributed by atoms with van der Waals surface area (Å²) in [5.41, 5.74) is 3.37. The molecule has 8 heteroatoms. The lowest BCUT2D eigenvalue weighted by Crippen LogP contribution is -2.41. The number of nitrogens with one attached hydrogen (secondary N) is 2. The SMILES string of the molecule is CCNC(=NCc1ccc(N2CCOC(C)C2)nc1)NCc1ccc(C)cc1OC(C)C.I. The second-order valence-corrected chi connectivity index (χ2v) is 8.48. The lowest BCUT2D eigenvalue weighted by Gasteiger charge is -2.32. The molecule has 0 spiro atoms. The van der Waals surface area contributed by atoms with Gasteiger partial charge >= 0.3 is 0 Å². The Labute approximate surface area is 215 Å². The number of morpholine rings is 1. The highest BCUT2D eigenvalue weighted by Crippen LogP contribution is 2.21. The smallest absolute Gasteiger partial charge is 0.191 e. The van der Waals surface area contributed by atoms with Crippen molar-refractivity contribution in [1.82, 2.24) is 15.6 Å². The third-order valence-electron chi connectivity index (χ3n) is 5.17. The molecule has 1 atom stereocenters. The molecule has 2 N–H and O–H groups in total. The van der Waals surface area contributed by atoms with Crippen LogP contribution >= 0.6 is 24.0 Å². The Morgan fingerprint density at radius 2 is 2.09 bits per heavy atom. The van der Waals surface area contributed by atoms with Crippen LogP contribution in [0, 0.1) is 6.92 Å². The first-order chi connectivity index (χ1) is 15.4. The minimum Gasteiger partial charge on any atom is -0.491 e. The first-order valence-corrected chi connectivity index (χ1v) is 11.5. The van der Waals surface area contributed by atoms with Gasteiger partial charge in [0, 0.05) is 37.9 Å². The van der Waals surface area contributed by atoms with Gasteiger partial charge < -0.3 is 25.0 Å². The summed E-state index contributed by atoms with van der Waals surface area (Å²) in [6.07, 6.45) is 2.29. The van der Waals surface area contributed by atoms with Crippen LogP contribution in [0.25, 0.3) is 0 Å². The standard InChI is InChI=1S/C25H37N5O2.HI/c1-6-26-25(29-16-22-9-7-19(4)13-23(22)32-18(2)3)28-15-21-8-10-24(27-14-21)30-11-12-31-20(5)17-30;/h7-10,13-14,18,20H,6,11-12,15-17H2,1-5H3,(H2,26,28,29);1H. The highest BCUT2D eigenvalue weighted by Gasteiger charge is 2.17. The van der Waals surface area contributed by atoms with Crippen molar-refractivity contribution in [3.8, 4) is 5.75 Å². The first-order valence-electron chi connectivity index (χ1n) is 11.5. The topological polar surface area (TPSA) is 71.0 Å². The van der Waals surface area contributed by atoms with Gasteiger partial charge in [-0.2, -0.15) is 0 Å². The van der Waals surface area contributed by atoms with Gasteiger partial charge in [-0.05, 0) is 57.9 Å². The number of hydrogen-bond donors (Lipinski definition) is 2. The van der Waals surface area contributed by atoms with E-state index < -0.39 is 0 Å². The zero-order valence-electron chi connectivity index (χ0n) is 20.4. The van der Waals surface area contributed by atoms with Gasteiger partial charge in [-0.1, -0.05) is 18.2 Å². The second-order valence-electron chi connectivity index (χ2n) is 8.48. The molecule has 1 fully saturated rings. The first kappa shape index (κ1) is 27.2. The molecule has 1 aromatic heterocycles. The average Bonchev–Trinajstić information content (AvgIpc) is 2.76. The van der Waals surface area contributed by atoms with Crippen molar-refractivity contribution in [2.75, 3.05) is 31.1 Å². The third kappa shape index (κ3) is 8.66. The van der Waals surface area contributed by atoms with E-state index in [0.29, 0.717) is 13.1 Å². The van der Waals surface area contributed by atoms with Gasteiger partial charge in [0.25, 0.3) is 0 Å². The van der Waals surface area contributed by atoms with E-state index in [-0.39, 0.29) is 36.2 Å². The normalized spacial score (nSPS) is 16.4. The highest BCUT2D eigenvalue weighted by atomic mass is 127. The molecular weight excluding hydrogens is 529 g/mol. The third-order valence-corrected chi connectivity index (χ3v) is 5.17. The molecule has 1 aliphatic heterocycles. The maximum absolute atomic E-state index is 6.00. The number of hydrogen-bond acceptors (Lipinski definition) is 5. The molecule has 1 aliphatic rings. The Bertz CT molecular complexity index is 889. The van der Waals surface area contributed by atoms with Gasteiger partial charge in [-0.25, -0.2) is 9.98 Å². The summed E-state index contributed by atoms with van der Waals surface area (Å²) in [7, 11) is 0. The Balaban J connectivity index is 0.00000385. The number of anilines is 1. The highest BCUT2D eigenvalue weighted by molar-refractivity contribution is 14.0. The van der Waals surface area contributed by atoms with E-state index in [1.165, 1.54) is 5.56 Å². The maximum atomic E-state index is 6.00. The Hall–Kier alpha value is -2.07. The Kier molecular flexibility index (Phi) is 11.2. The van der Waals surface area contributed by atoms with Crippen molar-refractivity contribution >= 4 is 35.8 Å². The van der Waals surface area contributed by atoms with Gasteiger partial charge in [0.15, 0.2) is 5.96 Å². The molecule has 2 heterocycles. The Morgan fingerprint density at radius 1 is 1.27 bits per heavy atom. The van der Waals surface area contributed by atoms with E-state index in [4.69, 9.17) is 14.5 Å². The fraction of sp³-hybridized carbons (Fsp3) is 0.520. The van der Waals surface area contributed by atoms with Gasteiger partial charge in [-0.15, -0.1) is 24.0 Å². The summed E-state index contributed by atoms with van der Waals surface area (Å²) in [5.74, 6) is 2.69. The molecule has 182 valence electrons. The lowest BCUT2D eigenvalue weighted by atomic mass is 10.1. The molecule has 7 nitrogen and oxygen atoms in total. The Morgan fingerprint density at radius 3 is 2.76 bits per heavy atom. The van der Waals surface area contributed by atoms with E-state index in [1.807, 2.05) is 20.0 Å². The molecule has 0 radical (unpaired) electrons. The zero-order valence-corrected chi connectivity index (χ0v) is 22.8. The van der Waals surface area contributed by atoms with Crippen molar-refractivity contribution in [3.63, 3.8) is 0 Å². The summed E-state index contributed by atoms with van der Waals surface area (Å²) in [5, 5.41) is 6.74. The van der Waals surface area contributed by atoms with Crippen molar-refractivity contribution in [1.29, 1.82) is 0 Å². The number of aromatic nitrogens is 1. The quantitative estimate of drug-likeness (QED) is 0.282. The summed E-state index contributed by atoms with van der Waals surface area (Å²) in [4.78, 5) is 11.7. The molecule has 3 rings (SSSR count). The van der Waals surface area contributed by atoms with Crippen LogP contribution in [0.15, 0.2) is 41.5 Å². The number of aliphatic imine (C=N–C) groups is 1. The van der Waals surface area contributed by atoms with Crippen LogP contribution in [-0.4, -0.2) is 49.4 Å². The monoisotopic (exact) mass is 567 g/mol. The predicted octanol–water partition coefficient (Wildman–Crippen LogP) is 4.28. The molecule has 0 amide bonds. The van der Waals surface area contributed by atoms with Crippen molar-refractivity contribution in [2.45, 2.75) is 59.9 Å². The molecule has 1 saturated heterocycles. The van der Waals surface area contributed by atoms with E-state index >= 15 is 0 Å². The fourth-order valence-electron chi connectivity index (χ4n) is 3.59. The number of guanidine groups is 1. The molecule has 2 aromatic rings. The maximum Gasteiger partial charge on any atom is 0.191 e. The van der Waals surface area contributed by atoms with E-state index in [2.05, 4.69) is 71.6 Å². The number of benzene rings is 1. The van der Waals surface area contributed by atoms with Crippen molar-refractivity contribution < 1.29 is 9.47 Å². The van der Waals surface area contributed by atoms with Crippen LogP contribution in [-0.2, 0) is 17.8 Å². The molecule has 1 aromatic carbocycles. The minimum atomic E-state index is 0. The van der Waals surface area contributed by atoms with Gasteiger partial charge in [-0.3, -0.25) is 0 Å². The number of rotatable bonds is 8. The number of pyridine rings is 1. The van der Waals surface area contributed by atoms with Crippen LogP contribution in [0.1, 0.15) is 44.4 Å². The molecule has 0 saturated carbocycles. The zero-order chi connectivity index (χ0) is 22.9.